The number of β-amino-alcohol motifs (C(OH)–C–C–N with tert-alkyl or cyclic N) is 1. The van der Waals surface area contributed by atoms with Gasteiger partial charge in [-0.1, -0.05) is 18.2 Å². The molecule has 0 aliphatic carbocycles. The zero-order valence-corrected chi connectivity index (χ0v) is 10.7. The second-order valence-corrected chi connectivity index (χ2v) is 4.64. The smallest absolute Gasteiger partial charge is 0.224 e. The third-order valence-corrected chi connectivity index (χ3v) is 3.07. The third-order valence-electron chi connectivity index (χ3n) is 3.07. The molecule has 1 saturated heterocycles. The molecule has 19 heavy (non-hydrogen) atoms. The number of benzene rings is 1. The molecule has 1 fully saturated rings. The normalized spacial score (nSPS) is 20.1. The summed E-state index contributed by atoms with van der Waals surface area (Å²) < 4.78 is 5.44. The summed E-state index contributed by atoms with van der Waals surface area (Å²) in [4.78, 5) is 13.2. The van der Waals surface area contributed by atoms with Gasteiger partial charge in [-0.2, -0.15) is 0 Å². The van der Waals surface area contributed by atoms with E-state index < -0.39 is 6.10 Å². The van der Waals surface area contributed by atoms with Crippen molar-refractivity contribution >= 4 is 5.91 Å². The van der Waals surface area contributed by atoms with Gasteiger partial charge in [0.1, 0.15) is 18.5 Å². The Morgan fingerprint density at radius 1 is 1.47 bits per heavy atom. The van der Waals surface area contributed by atoms with Crippen LogP contribution >= 0.6 is 0 Å². The number of rotatable bonds is 5. The minimum Gasteiger partial charge on any atom is -0.491 e. The first-order valence-electron chi connectivity index (χ1n) is 6.29. The molecule has 1 aliphatic heterocycles. The average molecular weight is 259 g/mol. The SMILES string of the molecule is C#CC1CC(=O)N(CC(O)COc2ccccc2)C1. The summed E-state index contributed by atoms with van der Waals surface area (Å²) >= 11 is 0. The summed E-state index contributed by atoms with van der Waals surface area (Å²) in [5.41, 5.74) is 0. The first kappa shape index (κ1) is 13.4. The minimum absolute atomic E-state index is 0.00158. The molecule has 4 heteroatoms. The molecule has 1 aliphatic rings. The number of para-hydroxylation sites is 1. The van der Waals surface area contributed by atoms with Crippen LogP contribution in [0.5, 0.6) is 5.75 Å². The van der Waals surface area contributed by atoms with E-state index in [-0.39, 0.29) is 25.0 Å². The van der Waals surface area contributed by atoms with Crippen molar-refractivity contribution in [2.45, 2.75) is 12.5 Å². The predicted octanol–water partition coefficient (Wildman–Crippen LogP) is 0.908. The molecule has 2 unspecified atom stereocenters. The van der Waals surface area contributed by atoms with Crippen molar-refractivity contribution in [1.82, 2.24) is 4.90 Å². The molecule has 2 atom stereocenters. The lowest BCUT2D eigenvalue weighted by atomic mass is 10.1. The number of hydrogen-bond acceptors (Lipinski definition) is 3. The van der Waals surface area contributed by atoms with Crippen LogP contribution in [0.25, 0.3) is 0 Å². The number of carbonyl (C=O) groups excluding carboxylic acids is 1. The van der Waals surface area contributed by atoms with E-state index in [1.807, 2.05) is 30.3 Å². The van der Waals surface area contributed by atoms with Gasteiger partial charge in [-0.3, -0.25) is 4.79 Å². The highest BCUT2D eigenvalue weighted by Gasteiger charge is 2.29. The van der Waals surface area contributed by atoms with E-state index in [0.717, 1.165) is 0 Å². The van der Waals surface area contributed by atoms with Crippen LogP contribution in [-0.4, -0.2) is 41.7 Å². The number of hydrogen-bond donors (Lipinski definition) is 1. The lowest BCUT2D eigenvalue weighted by Gasteiger charge is -2.20. The summed E-state index contributed by atoms with van der Waals surface area (Å²) in [5, 5.41) is 9.88. The molecule has 1 amide bonds. The predicted molar refractivity (Wildman–Crippen MR) is 71.5 cm³/mol. The molecule has 0 saturated carbocycles. The molecule has 0 spiro atoms. The van der Waals surface area contributed by atoms with Crippen molar-refractivity contribution in [3.63, 3.8) is 0 Å². The first-order valence-corrected chi connectivity index (χ1v) is 6.29. The zero-order valence-electron chi connectivity index (χ0n) is 10.7. The number of amides is 1. The van der Waals surface area contributed by atoms with Gasteiger partial charge in [0.25, 0.3) is 0 Å². The van der Waals surface area contributed by atoms with Gasteiger partial charge in [0.15, 0.2) is 0 Å². The Kier molecular flexibility index (Phi) is 4.43. The molecular formula is C15H17NO3. The number of nitrogens with zero attached hydrogens (tertiary/aromatic N) is 1. The van der Waals surface area contributed by atoms with Gasteiger partial charge >= 0.3 is 0 Å². The summed E-state index contributed by atoms with van der Waals surface area (Å²) in [6, 6.07) is 9.27. The van der Waals surface area contributed by atoms with Crippen molar-refractivity contribution in [1.29, 1.82) is 0 Å². The van der Waals surface area contributed by atoms with E-state index in [2.05, 4.69) is 5.92 Å². The van der Waals surface area contributed by atoms with Gasteiger partial charge in [0.05, 0.1) is 0 Å². The summed E-state index contributed by atoms with van der Waals surface area (Å²) in [6.07, 6.45) is 4.98. The molecular weight excluding hydrogens is 242 g/mol. The van der Waals surface area contributed by atoms with E-state index in [1.54, 1.807) is 4.90 Å². The highest BCUT2D eigenvalue weighted by Crippen LogP contribution is 2.17. The average Bonchev–Trinajstić information content (AvgIpc) is 2.78. The van der Waals surface area contributed by atoms with Crippen molar-refractivity contribution in [2.24, 2.45) is 5.92 Å². The number of ether oxygens (including phenoxy) is 1. The van der Waals surface area contributed by atoms with Crippen LogP contribution in [0.4, 0.5) is 0 Å². The Morgan fingerprint density at radius 2 is 2.21 bits per heavy atom. The van der Waals surface area contributed by atoms with Crippen molar-refractivity contribution < 1.29 is 14.6 Å². The largest absolute Gasteiger partial charge is 0.491 e. The summed E-state index contributed by atoms with van der Waals surface area (Å²) in [7, 11) is 0. The maximum absolute atomic E-state index is 11.6. The lowest BCUT2D eigenvalue weighted by molar-refractivity contribution is -0.129. The summed E-state index contributed by atoms with van der Waals surface area (Å²) in [6.45, 7) is 0.954. The molecule has 100 valence electrons. The van der Waals surface area contributed by atoms with Gasteiger partial charge in [0, 0.05) is 25.4 Å². The van der Waals surface area contributed by atoms with Crippen molar-refractivity contribution in [3.05, 3.63) is 30.3 Å². The standard InChI is InChI=1S/C15H17NO3/c1-2-12-8-15(18)16(9-12)10-13(17)11-19-14-6-4-3-5-7-14/h1,3-7,12-13,17H,8-11H2. The van der Waals surface area contributed by atoms with E-state index in [9.17, 15) is 9.90 Å². The van der Waals surface area contributed by atoms with Crippen molar-refractivity contribution in [3.8, 4) is 18.1 Å². The van der Waals surface area contributed by atoms with Crippen LogP contribution in [0.2, 0.25) is 0 Å². The van der Waals surface area contributed by atoms with E-state index in [4.69, 9.17) is 11.2 Å². The lowest BCUT2D eigenvalue weighted by Crippen LogP contribution is -2.36. The molecule has 1 aromatic rings. The van der Waals surface area contributed by atoms with Gasteiger partial charge < -0.3 is 14.7 Å². The van der Waals surface area contributed by atoms with Gasteiger partial charge in [-0.25, -0.2) is 0 Å². The van der Waals surface area contributed by atoms with Crippen LogP contribution in [0.15, 0.2) is 30.3 Å². The molecule has 0 aromatic heterocycles. The fourth-order valence-corrected chi connectivity index (χ4v) is 2.08. The van der Waals surface area contributed by atoms with E-state index in [0.29, 0.717) is 18.7 Å². The monoisotopic (exact) mass is 259 g/mol. The van der Waals surface area contributed by atoms with Gasteiger partial charge in [-0.05, 0) is 12.1 Å². The first-order chi connectivity index (χ1) is 9.19. The van der Waals surface area contributed by atoms with Gasteiger partial charge in [0.2, 0.25) is 5.91 Å². The fraction of sp³-hybridized carbons (Fsp3) is 0.400. The highest BCUT2D eigenvalue weighted by atomic mass is 16.5. The fourth-order valence-electron chi connectivity index (χ4n) is 2.08. The second kappa shape index (κ2) is 6.26. The number of likely N-dealkylation sites (tertiary alicyclic amines) is 1. The van der Waals surface area contributed by atoms with Gasteiger partial charge in [-0.15, -0.1) is 12.3 Å². The van der Waals surface area contributed by atoms with E-state index in [1.165, 1.54) is 0 Å². The molecule has 0 radical (unpaired) electrons. The molecule has 1 heterocycles. The Labute approximate surface area is 113 Å². The Bertz CT molecular complexity index is 466. The minimum atomic E-state index is -0.708. The zero-order chi connectivity index (χ0) is 13.7. The van der Waals surface area contributed by atoms with Crippen molar-refractivity contribution in [2.75, 3.05) is 19.7 Å². The van der Waals surface area contributed by atoms with Crippen LogP contribution in [0.1, 0.15) is 6.42 Å². The Balaban J connectivity index is 1.77. The molecule has 1 N–H and O–H groups in total. The quantitative estimate of drug-likeness (QED) is 0.800. The Morgan fingerprint density at radius 3 is 2.84 bits per heavy atom. The maximum atomic E-state index is 11.6. The molecule has 1 aromatic carbocycles. The van der Waals surface area contributed by atoms with Crippen LogP contribution < -0.4 is 4.74 Å². The topological polar surface area (TPSA) is 49.8 Å². The molecule has 0 bridgehead atoms. The third kappa shape index (κ3) is 3.73. The molecule has 4 nitrogen and oxygen atoms in total. The number of aliphatic hydroxyl groups excluding tert-OH is 1. The van der Waals surface area contributed by atoms with Crippen LogP contribution in [0.3, 0.4) is 0 Å². The van der Waals surface area contributed by atoms with Crippen LogP contribution in [0, 0.1) is 18.3 Å². The second-order valence-electron chi connectivity index (χ2n) is 4.64. The number of aliphatic hydroxyl groups is 1. The van der Waals surface area contributed by atoms with E-state index >= 15 is 0 Å². The van der Waals surface area contributed by atoms with Crippen LogP contribution in [-0.2, 0) is 4.79 Å². The number of terminal acetylenes is 1. The highest BCUT2D eigenvalue weighted by molar-refractivity contribution is 5.79. The maximum Gasteiger partial charge on any atom is 0.224 e. The summed E-state index contributed by atoms with van der Waals surface area (Å²) in [5.74, 6) is 3.25. The number of carbonyl (C=O) groups is 1. The Hall–Kier alpha value is -1.99. The molecule has 2 rings (SSSR count).